The molecule has 0 saturated carbocycles. The Bertz CT molecular complexity index is 728. The van der Waals surface area contributed by atoms with Crippen LogP contribution in [0.2, 0.25) is 0 Å². The minimum Gasteiger partial charge on any atom is -0.322 e. The van der Waals surface area contributed by atoms with E-state index in [1.165, 1.54) is 6.20 Å². The van der Waals surface area contributed by atoms with Crippen molar-refractivity contribution < 1.29 is 14.4 Å². The van der Waals surface area contributed by atoms with Crippen molar-refractivity contribution in [2.75, 3.05) is 5.32 Å². The molecule has 22 heavy (non-hydrogen) atoms. The summed E-state index contributed by atoms with van der Waals surface area (Å²) in [6.07, 6.45) is 3.06. The highest BCUT2D eigenvalue weighted by Gasteiger charge is 2.30. The van der Waals surface area contributed by atoms with Gasteiger partial charge in [-0.25, -0.2) is 4.79 Å². The van der Waals surface area contributed by atoms with Gasteiger partial charge >= 0.3 is 6.03 Å². The van der Waals surface area contributed by atoms with Gasteiger partial charge in [0.1, 0.15) is 6.04 Å². The number of hydrogen-bond acceptors (Lipinski definition) is 4. The molecule has 0 bridgehead atoms. The fraction of sp³-hybridized carbons (Fsp3) is 0.0667. The van der Waals surface area contributed by atoms with Gasteiger partial charge in [0.15, 0.2) is 0 Å². The molecule has 0 aliphatic carbocycles. The van der Waals surface area contributed by atoms with Crippen molar-refractivity contribution in [1.82, 2.24) is 15.6 Å². The van der Waals surface area contributed by atoms with E-state index in [1.54, 1.807) is 42.6 Å². The number of anilines is 1. The highest BCUT2D eigenvalue weighted by molar-refractivity contribution is 6.05. The van der Waals surface area contributed by atoms with Crippen molar-refractivity contribution in [3.05, 3.63) is 59.9 Å². The number of hydrogen-bond donors (Lipinski definition) is 3. The van der Waals surface area contributed by atoms with E-state index in [4.69, 9.17) is 0 Å². The Morgan fingerprint density at radius 3 is 2.50 bits per heavy atom. The Morgan fingerprint density at radius 2 is 1.91 bits per heavy atom. The lowest BCUT2D eigenvalue weighted by Gasteiger charge is -2.09. The van der Waals surface area contributed by atoms with Crippen LogP contribution in [0.15, 0.2) is 48.8 Å². The van der Waals surface area contributed by atoms with E-state index in [-0.39, 0.29) is 5.91 Å². The van der Waals surface area contributed by atoms with E-state index >= 15 is 0 Å². The third kappa shape index (κ3) is 2.78. The summed E-state index contributed by atoms with van der Waals surface area (Å²) in [7, 11) is 0. The lowest BCUT2D eigenvalue weighted by atomic mass is 10.1. The normalized spacial score (nSPS) is 16.8. The lowest BCUT2D eigenvalue weighted by Crippen LogP contribution is -2.22. The zero-order valence-corrected chi connectivity index (χ0v) is 11.4. The van der Waals surface area contributed by atoms with E-state index in [1.807, 2.05) is 0 Å². The number of amides is 4. The van der Waals surface area contributed by atoms with Crippen molar-refractivity contribution in [2.24, 2.45) is 0 Å². The van der Waals surface area contributed by atoms with Crippen LogP contribution < -0.4 is 16.0 Å². The second-order valence-electron chi connectivity index (χ2n) is 4.71. The minimum absolute atomic E-state index is 0.271. The van der Waals surface area contributed by atoms with E-state index < -0.39 is 18.0 Å². The molecule has 3 N–H and O–H groups in total. The van der Waals surface area contributed by atoms with Crippen LogP contribution in [-0.4, -0.2) is 22.8 Å². The van der Waals surface area contributed by atoms with Crippen LogP contribution in [-0.2, 0) is 4.79 Å². The van der Waals surface area contributed by atoms with E-state index in [0.29, 0.717) is 16.8 Å². The van der Waals surface area contributed by atoms with Gasteiger partial charge in [0, 0.05) is 18.1 Å². The van der Waals surface area contributed by atoms with Crippen LogP contribution in [0.5, 0.6) is 0 Å². The number of nitrogens with one attached hydrogen (secondary N) is 3. The molecule has 7 nitrogen and oxygen atoms in total. The zero-order valence-electron chi connectivity index (χ0n) is 11.4. The van der Waals surface area contributed by atoms with Crippen LogP contribution in [0, 0.1) is 0 Å². The molecule has 3 rings (SSSR count). The number of carbonyl (C=O) groups is 3. The fourth-order valence-electron chi connectivity index (χ4n) is 2.11. The van der Waals surface area contributed by atoms with Gasteiger partial charge < -0.3 is 10.6 Å². The highest BCUT2D eigenvalue weighted by Crippen LogP contribution is 2.19. The molecule has 1 fully saturated rings. The Morgan fingerprint density at radius 1 is 1.14 bits per heavy atom. The van der Waals surface area contributed by atoms with Gasteiger partial charge in [-0.3, -0.25) is 19.9 Å². The maximum absolute atomic E-state index is 12.0. The topological polar surface area (TPSA) is 100 Å². The third-order valence-electron chi connectivity index (χ3n) is 3.20. The van der Waals surface area contributed by atoms with Crippen LogP contribution in [0.1, 0.15) is 22.0 Å². The maximum atomic E-state index is 12.0. The van der Waals surface area contributed by atoms with E-state index in [0.717, 1.165) is 0 Å². The first kappa shape index (κ1) is 13.7. The minimum atomic E-state index is -0.699. The van der Waals surface area contributed by atoms with E-state index in [9.17, 15) is 14.4 Å². The standard InChI is InChI=1S/C15H12N4O3/c20-13(10-2-1-7-16-8-10)17-11-5-3-9(4-6-11)12-14(21)19-15(22)18-12/h1-8,12H,(H,17,20)(H2,18,19,21,22). The average molecular weight is 296 g/mol. The van der Waals surface area contributed by atoms with Crippen LogP contribution in [0.25, 0.3) is 0 Å². The van der Waals surface area contributed by atoms with Crippen molar-refractivity contribution >= 4 is 23.5 Å². The number of urea groups is 1. The molecule has 0 radical (unpaired) electrons. The van der Waals surface area contributed by atoms with E-state index in [2.05, 4.69) is 20.9 Å². The quantitative estimate of drug-likeness (QED) is 0.741. The smallest absolute Gasteiger partial charge is 0.322 e. The zero-order chi connectivity index (χ0) is 15.5. The first-order chi connectivity index (χ1) is 10.6. The van der Waals surface area contributed by atoms with Crippen molar-refractivity contribution in [2.45, 2.75) is 6.04 Å². The molecule has 1 atom stereocenters. The molecule has 1 aliphatic heterocycles. The van der Waals surface area contributed by atoms with Gasteiger partial charge in [0.25, 0.3) is 11.8 Å². The number of pyridine rings is 1. The average Bonchev–Trinajstić information content (AvgIpc) is 2.87. The summed E-state index contributed by atoms with van der Waals surface area (Å²) < 4.78 is 0. The fourth-order valence-corrected chi connectivity index (χ4v) is 2.11. The number of aromatic nitrogens is 1. The van der Waals surface area contributed by atoms with Crippen LogP contribution in [0.4, 0.5) is 10.5 Å². The van der Waals surface area contributed by atoms with Crippen LogP contribution in [0.3, 0.4) is 0 Å². The predicted octanol–water partition coefficient (Wildman–Crippen LogP) is 1.21. The largest absolute Gasteiger partial charge is 0.322 e. The second kappa shape index (κ2) is 5.65. The maximum Gasteiger partial charge on any atom is 0.322 e. The Labute approximate surface area is 125 Å². The SMILES string of the molecule is O=C1NC(=O)C(c2ccc(NC(=O)c3cccnc3)cc2)N1. The molecule has 1 saturated heterocycles. The summed E-state index contributed by atoms with van der Waals surface area (Å²) in [5.74, 6) is -0.662. The second-order valence-corrected chi connectivity index (χ2v) is 4.71. The molecule has 1 aliphatic rings. The summed E-state index contributed by atoms with van der Waals surface area (Å²) in [4.78, 5) is 38.5. The molecule has 2 heterocycles. The van der Waals surface area contributed by atoms with Crippen LogP contribution >= 0.6 is 0 Å². The summed E-state index contributed by atoms with van der Waals surface area (Å²) in [6, 6.07) is 8.82. The van der Waals surface area contributed by atoms with Gasteiger partial charge in [-0.15, -0.1) is 0 Å². The van der Waals surface area contributed by atoms with Crippen molar-refractivity contribution in [3.63, 3.8) is 0 Å². The van der Waals surface area contributed by atoms with Crippen molar-refractivity contribution in [1.29, 1.82) is 0 Å². The first-order valence-electron chi connectivity index (χ1n) is 6.56. The summed E-state index contributed by atoms with van der Waals surface area (Å²) in [5.41, 5.74) is 1.68. The van der Waals surface area contributed by atoms with Gasteiger partial charge in [-0.1, -0.05) is 12.1 Å². The first-order valence-corrected chi connectivity index (χ1v) is 6.56. The number of carbonyl (C=O) groups excluding carboxylic acids is 3. The predicted molar refractivity (Wildman–Crippen MR) is 78.0 cm³/mol. The van der Waals surface area contributed by atoms with Gasteiger partial charge in [0.2, 0.25) is 0 Å². The summed E-state index contributed by atoms with van der Waals surface area (Å²) in [5, 5.41) is 7.41. The Kier molecular flexibility index (Phi) is 3.53. The highest BCUT2D eigenvalue weighted by atomic mass is 16.2. The Hall–Kier alpha value is -3.22. The van der Waals surface area contributed by atoms with Gasteiger partial charge in [-0.05, 0) is 29.8 Å². The monoisotopic (exact) mass is 296 g/mol. The summed E-state index contributed by atoms with van der Waals surface area (Å²) >= 11 is 0. The third-order valence-corrected chi connectivity index (χ3v) is 3.20. The molecule has 1 aromatic carbocycles. The molecule has 2 aromatic rings. The van der Waals surface area contributed by atoms with Crippen molar-refractivity contribution in [3.8, 4) is 0 Å². The molecule has 1 aromatic heterocycles. The molecular weight excluding hydrogens is 284 g/mol. The number of nitrogens with zero attached hydrogens (tertiary/aromatic N) is 1. The van der Waals surface area contributed by atoms with Gasteiger partial charge in [-0.2, -0.15) is 0 Å². The number of rotatable bonds is 3. The molecule has 7 heteroatoms. The number of imide groups is 1. The summed E-state index contributed by atoms with van der Waals surface area (Å²) in [6.45, 7) is 0. The lowest BCUT2D eigenvalue weighted by molar-refractivity contribution is -0.120. The Balaban J connectivity index is 1.71. The number of benzene rings is 1. The van der Waals surface area contributed by atoms with Gasteiger partial charge in [0.05, 0.1) is 5.56 Å². The molecule has 0 spiro atoms. The molecular formula is C15H12N4O3. The molecule has 110 valence electrons. The molecule has 4 amide bonds. The molecule has 1 unspecified atom stereocenters.